The van der Waals surface area contributed by atoms with E-state index in [4.69, 9.17) is 4.74 Å². The minimum Gasteiger partial charge on any atom is -0.494 e. The fraction of sp³-hybridized carbons (Fsp3) is 0.176. The van der Waals surface area contributed by atoms with Crippen molar-refractivity contribution in [1.29, 1.82) is 0 Å². The number of ether oxygens (including phenoxy) is 1. The van der Waals surface area contributed by atoms with Crippen molar-refractivity contribution in [2.75, 3.05) is 18.6 Å². The molecule has 1 saturated heterocycles. The van der Waals surface area contributed by atoms with E-state index in [1.54, 1.807) is 23.4 Å². The van der Waals surface area contributed by atoms with Crippen LogP contribution in [0.1, 0.15) is 11.6 Å². The van der Waals surface area contributed by atoms with Gasteiger partial charge in [0, 0.05) is 12.2 Å². The molecule has 3 aromatic rings. The number of carbonyl (C=O) groups is 1. The molecule has 2 N–H and O–H groups in total. The van der Waals surface area contributed by atoms with E-state index >= 15 is 0 Å². The maximum Gasteiger partial charge on any atom is 0.322 e. The number of nitrogens with zero attached hydrogens (tertiary/aromatic N) is 2. The lowest BCUT2D eigenvalue weighted by atomic mass is 10.1. The summed E-state index contributed by atoms with van der Waals surface area (Å²) < 4.78 is 18.7. The number of hydrogen-bond donors (Lipinski definition) is 2. The van der Waals surface area contributed by atoms with Gasteiger partial charge >= 0.3 is 6.03 Å². The van der Waals surface area contributed by atoms with Gasteiger partial charge in [-0.05, 0) is 35.9 Å². The maximum absolute atomic E-state index is 13.7. The topological polar surface area (TPSA) is 70.2 Å². The third-order valence-electron chi connectivity index (χ3n) is 4.22. The Balaban J connectivity index is 1.76. The second kappa shape index (κ2) is 5.52. The van der Waals surface area contributed by atoms with Crippen LogP contribution in [0.15, 0.2) is 42.7 Å². The lowest BCUT2D eigenvalue weighted by Crippen LogP contribution is -2.29. The molecule has 122 valence electrons. The van der Waals surface area contributed by atoms with Gasteiger partial charge in [0.25, 0.3) is 0 Å². The van der Waals surface area contributed by atoms with Gasteiger partial charge in [0.1, 0.15) is 0 Å². The minimum atomic E-state index is -0.428. The number of amides is 2. The van der Waals surface area contributed by atoms with Gasteiger partial charge in [0.2, 0.25) is 0 Å². The summed E-state index contributed by atoms with van der Waals surface area (Å²) in [6.45, 7) is 0.437. The number of hydrogen-bond acceptors (Lipinski definition) is 3. The minimum absolute atomic E-state index is 0.162. The quantitative estimate of drug-likeness (QED) is 0.777. The second-order valence-corrected chi connectivity index (χ2v) is 5.57. The van der Waals surface area contributed by atoms with Gasteiger partial charge in [-0.3, -0.25) is 4.90 Å². The number of aromatic amines is 1. The number of urea groups is 1. The summed E-state index contributed by atoms with van der Waals surface area (Å²) in [4.78, 5) is 21.2. The van der Waals surface area contributed by atoms with Crippen molar-refractivity contribution in [3.8, 4) is 5.75 Å². The zero-order valence-corrected chi connectivity index (χ0v) is 12.9. The summed E-state index contributed by atoms with van der Waals surface area (Å²) in [6, 6.07) is 9.80. The smallest absolute Gasteiger partial charge is 0.322 e. The summed E-state index contributed by atoms with van der Waals surface area (Å²) in [7, 11) is 1.42. The van der Waals surface area contributed by atoms with Crippen LogP contribution in [0.3, 0.4) is 0 Å². The molecule has 0 radical (unpaired) electrons. The van der Waals surface area contributed by atoms with Crippen molar-refractivity contribution in [2.24, 2.45) is 0 Å². The molecule has 1 aliphatic heterocycles. The molecule has 7 heteroatoms. The summed E-state index contributed by atoms with van der Waals surface area (Å²) >= 11 is 0. The lowest BCUT2D eigenvalue weighted by molar-refractivity contribution is 0.251. The van der Waals surface area contributed by atoms with Crippen LogP contribution >= 0.6 is 0 Å². The Hall–Kier alpha value is -3.09. The number of fused-ring (bicyclic) bond motifs is 1. The standard InChI is InChI=1S/C17H15FN4O2/c1-24-16-6-10(2-4-12(16)18)15-8-19-17(23)22(15)11-3-5-13-14(7-11)21-9-20-13/h2-7,9,15H,8H2,1H3,(H,19,23)(H,20,21). The highest BCUT2D eigenvalue weighted by Gasteiger charge is 2.33. The van der Waals surface area contributed by atoms with E-state index in [2.05, 4.69) is 15.3 Å². The van der Waals surface area contributed by atoms with E-state index in [1.165, 1.54) is 13.2 Å². The molecule has 4 rings (SSSR count). The van der Waals surface area contributed by atoms with E-state index in [9.17, 15) is 9.18 Å². The van der Waals surface area contributed by atoms with Crippen molar-refractivity contribution < 1.29 is 13.9 Å². The average molecular weight is 326 g/mol. The van der Waals surface area contributed by atoms with E-state index in [0.717, 1.165) is 22.3 Å². The Morgan fingerprint density at radius 2 is 2.17 bits per heavy atom. The van der Waals surface area contributed by atoms with E-state index < -0.39 is 5.82 Å². The number of rotatable bonds is 3. The predicted octanol–water partition coefficient (Wildman–Crippen LogP) is 2.98. The molecule has 2 aromatic carbocycles. The lowest BCUT2D eigenvalue weighted by Gasteiger charge is -2.24. The molecule has 0 bridgehead atoms. The number of anilines is 1. The first-order valence-corrected chi connectivity index (χ1v) is 7.51. The first-order chi connectivity index (χ1) is 11.7. The molecule has 24 heavy (non-hydrogen) atoms. The molecule has 0 saturated carbocycles. The van der Waals surface area contributed by atoms with Crippen molar-refractivity contribution in [3.05, 3.63) is 54.1 Å². The second-order valence-electron chi connectivity index (χ2n) is 5.57. The Morgan fingerprint density at radius 3 is 3.00 bits per heavy atom. The normalized spacial score (nSPS) is 17.3. The van der Waals surface area contributed by atoms with Gasteiger partial charge in [-0.15, -0.1) is 0 Å². The van der Waals surface area contributed by atoms with Gasteiger partial charge in [-0.2, -0.15) is 0 Å². The average Bonchev–Trinajstić information content (AvgIpc) is 3.21. The number of carbonyl (C=O) groups excluding carboxylic acids is 1. The van der Waals surface area contributed by atoms with E-state index in [1.807, 2.05) is 18.2 Å². The molecule has 0 aliphatic carbocycles. The molecule has 0 spiro atoms. The Kier molecular flexibility index (Phi) is 3.34. The first-order valence-electron chi connectivity index (χ1n) is 7.51. The molecular weight excluding hydrogens is 311 g/mol. The number of H-pyrrole nitrogens is 1. The summed E-state index contributed by atoms with van der Waals surface area (Å²) in [5.41, 5.74) is 3.22. The highest BCUT2D eigenvalue weighted by molar-refractivity contribution is 5.97. The van der Waals surface area contributed by atoms with Crippen LogP contribution in [0, 0.1) is 5.82 Å². The Morgan fingerprint density at radius 1 is 1.29 bits per heavy atom. The van der Waals surface area contributed by atoms with Gasteiger partial charge in [-0.1, -0.05) is 6.07 Å². The monoisotopic (exact) mass is 326 g/mol. The molecule has 2 amide bonds. The van der Waals surface area contributed by atoms with Crippen LogP contribution < -0.4 is 15.0 Å². The van der Waals surface area contributed by atoms with Crippen LogP contribution in [0.5, 0.6) is 5.75 Å². The molecule has 1 unspecified atom stereocenters. The van der Waals surface area contributed by atoms with E-state index in [0.29, 0.717) is 6.54 Å². The third kappa shape index (κ3) is 2.25. The van der Waals surface area contributed by atoms with Crippen molar-refractivity contribution in [1.82, 2.24) is 15.3 Å². The SMILES string of the molecule is COc1cc(C2CNC(=O)N2c2ccc3[nH]cnc3c2)ccc1F. The molecule has 1 aromatic heterocycles. The molecular formula is C17H15FN4O2. The summed E-state index contributed by atoms with van der Waals surface area (Å²) in [6.07, 6.45) is 1.61. The van der Waals surface area contributed by atoms with Crippen molar-refractivity contribution in [2.45, 2.75) is 6.04 Å². The Labute approximate surface area is 137 Å². The Bertz CT molecular complexity index is 924. The number of benzene rings is 2. The zero-order chi connectivity index (χ0) is 16.7. The number of halogens is 1. The van der Waals surface area contributed by atoms with Gasteiger partial charge in [0.15, 0.2) is 11.6 Å². The van der Waals surface area contributed by atoms with Crippen LogP contribution in [0.4, 0.5) is 14.9 Å². The van der Waals surface area contributed by atoms with Gasteiger partial charge in [-0.25, -0.2) is 14.2 Å². The number of imidazole rings is 1. The van der Waals surface area contributed by atoms with Crippen molar-refractivity contribution in [3.63, 3.8) is 0 Å². The summed E-state index contributed by atoms with van der Waals surface area (Å²) in [5.74, 6) is -0.266. The highest BCUT2D eigenvalue weighted by atomic mass is 19.1. The zero-order valence-electron chi connectivity index (χ0n) is 12.9. The highest BCUT2D eigenvalue weighted by Crippen LogP contribution is 2.33. The molecule has 1 fully saturated rings. The van der Waals surface area contributed by atoms with Crippen LogP contribution in [-0.2, 0) is 0 Å². The molecule has 2 heterocycles. The van der Waals surface area contributed by atoms with Gasteiger partial charge in [0.05, 0.1) is 30.5 Å². The van der Waals surface area contributed by atoms with E-state index in [-0.39, 0.29) is 17.8 Å². The summed E-state index contributed by atoms with van der Waals surface area (Å²) in [5, 5.41) is 2.83. The predicted molar refractivity (Wildman–Crippen MR) is 87.7 cm³/mol. The fourth-order valence-electron chi connectivity index (χ4n) is 3.02. The fourth-order valence-corrected chi connectivity index (χ4v) is 3.02. The number of aromatic nitrogens is 2. The number of nitrogens with one attached hydrogen (secondary N) is 2. The molecule has 6 nitrogen and oxygen atoms in total. The molecule has 1 aliphatic rings. The van der Waals surface area contributed by atoms with Crippen LogP contribution in [0.25, 0.3) is 11.0 Å². The van der Waals surface area contributed by atoms with Gasteiger partial charge < -0.3 is 15.0 Å². The maximum atomic E-state index is 13.7. The van der Waals surface area contributed by atoms with Crippen molar-refractivity contribution >= 4 is 22.8 Å². The van der Waals surface area contributed by atoms with Crippen LogP contribution in [0.2, 0.25) is 0 Å². The largest absolute Gasteiger partial charge is 0.494 e. The molecule has 1 atom stereocenters. The number of methoxy groups -OCH3 is 1. The first kappa shape index (κ1) is 14.5. The third-order valence-corrected chi connectivity index (χ3v) is 4.22. The van der Waals surface area contributed by atoms with Crippen LogP contribution in [-0.4, -0.2) is 29.7 Å².